The summed E-state index contributed by atoms with van der Waals surface area (Å²) in [5.74, 6) is 2.28. The van der Waals surface area contributed by atoms with E-state index in [1.807, 2.05) is 42.5 Å². The highest BCUT2D eigenvalue weighted by Gasteiger charge is 2.10. The van der Waals surface area contributed by atoms with Gasteiger partial charge in [-0.1, -0.05) is 18.2 Å². The van der Waals surface area contributed by atoms with Crippen molar-refractivity contribution >= 4 is 11.5 Å². The van der Waals surface area contributed by atoms with Gasteiger partial charge in [0.25, 0.3) is 0 Å². The fraction of sp³-hybridized carbons (Fsp3) is 0.0667. The third kappa shape index (κ3) is 3.11. The van der Waals surface area contributed by atoms with Gasteiger partial charge in [-0.3, -0.25) is 0 Å². The number of nitrogens with zero attached hydrogens (tertiary/aromatic N) is 2. The molecule has 0 aliphatic heterocycles. The van der Waals surface area contributed by atoms with Gasteiger partial charge in [-0.25, -0.2) is 4.98 Å². The third-order valence-electron chi connectivity index (χ3n) is 2.82. The first-order valence-corrected chi connectivity index (χ1v) is 6.42. The van der Waals surface area contributed by atoms with Crippen molar-refractivity contribution in [2.45, 2.75) is 6.54 Å². The zero-order valence-electron chi connectivity index (χ0n) is 11.2. The number of rotatable bonds is 5. The number of para-hydroxylation sites is 1. The number of furan rings is 1. The normalized spacial score (nSPS) is 10.3. The summed E-state index contributed by atoms with van der Waals surface area (Å²) in [5.41, 5.74) is 6.38. The standard InChI is InChI=1S/C15H14N4O2/c16-13-14(17-9-12-7-4-8-20-12)18-10-19-15(13)21-11-5-2-1-3-6-11/h1-8,10H,9,16H2,(H,17,18,19). The maximum atomic E-state index is 6.03. The number of ether oxygens (including phenoxy) is 1. The molecule has 0 amide bonds. The fourth-order valence-corrected chi connectivity index (χ4v) is 1.79. The van der Waals surface area contributed by atoms with Gasteiger partial charge in [0.05, 0.1) is 12.8 Å². The van der Waals surface area contributed by atoms with Gasteiger partial charge in [0.1, 0.15) is 23.5 Å². The number of nitrogens with two attached hydrogens (primary N) is 1. The van der Waals surface area contributed by atoms with E-state index in [0.717, 1.165) is 5.76 Å². The summed E-state index contributed by atoms with van der Waals surface area (Å²) in [4.78, 5) is 8.17. The van der Waals surface area contributed by atoms with Crippen molar-refractivity contribution in [2.75, 3.05) is 11.1 Å². The number of aromatic nitrogens is 2. The molecule has 6 heteroatoms. The Kier molecular flexibility index (Phi) is 3.68. The van der Waals surface area contributed by atoms with Gasteiger partial charge in [-0.2, -0.15) is 4.98 Å². The Balaban J connectivity index is 1.75. The van der Waals surface area contributed by atoms with Crippen molar-refractivity contribution in [3.63, 3.8) is 0 Å². The second-order valence-corrected chi connectivity index (χ2v) is 4.29. The molecule has 3 rings (SSSR count). The maximum absolute atomic E-state index is 6.03. The second kappa shape index (κ2) is 5.96. The molecule has 2 heterocycles. The lowest BCUT2D eigenvalue weighted by atomic mass is 10.3. The van der Waals surface area contributed by atoms with Crippen LogP contribution in [-0.4, -0.2) is 9.97 Å². The van der Waals surface area contributed by atoms with E-state index in [1.54, 1.807) is 6.26 Å². The van der Waals surface area contributed by atoms with Crippen molar-refractivity contribution in [3.05, 3.63) is 60.8 Å². The van der Waals surface area contributed by atoms with Gasteiger partial charge in [0.2, 0.25) is 5.88 Å². The molecule has 106 valence electrons. The van der Waals surface area contributed by atoms with Gasteiger partial charge >= 0.3 is 0 Å². The van der Waals surface area contributed by atoms with Gasteiger partial charge in [0.15, 0.2) is 5.82 Å². The van der Waals surface area contributed by atoms with Crippen LogP contribution in [0.3, 0.4) is 0 Å². The summed E-state index contributed by atoms with van der Waals surface area (Å²) in [6, 6.07) is 13.0. The number of anilines is 2. The second-order valence-electron chi connectivity index (χ2n) is 4.29. The summed E-state index contributed by atoms with van der Waals surface area (Å²) < 4.78 is 10.9. The molecule has 3 aromatic rings. The molecule has 0 saturated heterocycles. The first kappa shape index (κ1) is 13.0. The van der Waals surface area contributed by atoms with Crippen molar-refractivity contribution in [2.24, 2.45) is 0 Å². The molecule has 1 aromatic carbocycles. The van der Waals surface area contributed by atoms with Gasteiger partial charge in [-0.05, 0) is 24.3 Å². The molecule has 0 atom stereocenters. The molecule has 0 aliphatic rings. The molecule has 0 unspecified atom stereocenters. The van der Waals surface area contributed by atoms with Crippen LogP contribution in [0.4, 0.5) is 11.5 Å². The average molecular weight is 282 g/mol. The lowest BCUT2D eigenvalue weighted by Gasteiger charge is -2.10. The molecular formula is C15H14N4O2. The van der Waals surface area contributed by atoms with Crippen LogP contribution in [0.25, 0.3) is 0 Å². The van der Waals surface area contributed by atoms with E-state index in [-0.39, 0.29) is 0 Å². The molecule has 0 spiro atoms. The van der Waals surface area contributed by atoms with Crippen molar-refractivity contribution in [1.29, 1.82) is 0 Å². The van der Waals surface area contributed by atoms with E-state index in [2.05, 4.69) is 15.3 Å². The van der Waals surface area contributed by atoms with Crippen LogP contribution in [-0.2, 0) is 6.54 Å². The van der Waals surface area contributed by atoms with E-state index < -0.39 is 0 Å². The Bertz CT molecular complexity index is 699. The first-order chi connectivity index (χ1) is 10.3. The van der Waals surface area contributed by atoms with Crippen LogP contribution in [0.15, 0.2) is 59.5 Å². The summed E-state index contributed by atoms with van der Waals surface area (Å²) >= 11 is 0. The topological polar surface area (TPSA) is 86.2 Å². The fourth-order valence-electron chi connectivity index (χ4n) is 1.79. The molecule has 2 aromatic heterocycles. The van der Waals surface area contributed by atoms with E-state index in [1.165, 1.54) is 6.33 Å². The maximum Gasteiger partial charge on any atom is 0.248 e. The van der Waals surface area contributed by atoms with Crippen LogP contribution < -0.4 is 15.8 Å². The van der Waals surface area contributed by atoms with Crippen LogP contribution in [0.5, 0.6) is 11.6 Å². The SMILES string of the molecule is Nc1c(NCc2ccco2)ncnc1Oc1ccccc1. The van der Waals surface area contributed by atoms with Gasteiger partial charge in [0, 0.05) is 0 Å². The molecule has 3 N–H and O–H groups in total. The summed E-state index contributed by atoms with van der Waals surface area (Å²) in [7, 11) is 0. The minimum absolute atomic E-state index is 0.318. The zero-order chi connectivity index (χ0) is 14.5. The Labute approximate surface area is 121 Å². The summed E-state index contributed by atoms with van der Waals surface area (Å²) in [6.07, 6.45) is 3.02. The predicted molar refractivity (Wildman–Crippen MR) is 79.0 cm³/mol. The quantitative estimate of drug-likeness (QED) is 0.748. The Morgan fingerprint density at radius 2 is 1.95 bits per heavy atom. The molecule has 21 heavy (non-hydrogen) atoms. The van der Waals surface area contributed by atoms with Crippen molar-refractivity contribution in [3.8, 4) is 11.6 Å². The molecular weight excluding hydrogens is 268 g/mol. The molecule has 6 nitrogen and oxygen atoms in total. The number of hydrogen-bond acceptors (Lipinski definition) is 6. The molecule has 0 fully saturated rings. The van der Waals surface area contributed by atoms with E-state index in [4.69, 9.17) is 14.9 Å². The van der Waals surface area contributed by atoms with Crippen molar-refractivity contribution < 1.29 is 9.15 Å². The number of nitrogen functional groups attached to an aromatic ring is 1. The largest absolute Gasteiger partial charge is 0.467 e. The first-order valence-electron chi connectivity index (χ1n) is 6.42. The molecule has 0 radical (unpaired) electrons. The molecule has 0 aliphatic carbocycles. The number of benzene rings is 1. The highest BCUT2D eigenvalue weighted by molar-refractivity contribution is 5.66. The Hall–Kier alpha value is -3.02. The molecule has 0 saturated carbocycles. The smallest absolute Gasteiger partial charge is 0.248 e. The Morgan fingerprint density at radius 1 is 1.10 bits per heavy atom. The minimum Gasteiger partial charge on any atom is -0.467 e. The molecule has 0 bridgehead atoms. The summed E-state index contributed by atoms with van der Waals surface area (Å²) in [5, 5.41) is 3.09. The number of hydrogen-bond donors (Lipinski definition) is 2. The lowest BCUT2D eigenvalue weighted by Crippen LogP contribution is -2.06. The summed E-state index contributed by atoms with van der Waals surface area (Å²) in [6.45, 7) is 0.485. The number of nitrogens with one attached hydrogen (secondary N) is 1. The monoisotopic (exact) mass is 282 g/mol. The van der Waals surface area contributed by atoms with Crippen LogP contribution >= 0.6 is 0 Å². The van der Waals surface area contributed by atoms with E-state index in [0.29, 0.717) is 29.7 Å². The van der Waals surface area contributed by atoms with E-state index >= 15 is 0 Å². The zero-order valence-corrected chi connectivity index (χ0v) is 11.2. The van der Waals surface area contributed by atoms with Gasteiger partial charge in [-0.15, -0.1) is 0 Å². The van der Waals surface area contributed by atoms with Gasteiger partial charge < -0.3 is 20.2 Å². The van der Waals surface area contributed by atoms with Crippen LogP contribution in [0.1, 0.15) is 5.76 Å². The minimum atomic E-state index is 0.318. The predicted octanol–water partition coefficient (Wildman–Crippen LogP) is 3.06. The van der Waals surface area contributed by atoms with Crippen LogP contribution in [0, 0.1) is 0 Å². The third-order valence-corrected chi connectivity index (χ3v) is 2.82. The lowest BCUT2D eigenvalue weighted by molar-refractivity contribution is 0.464. The average Bonchev–Trinajstić information content (AvgIpc) is 3.03. The highest BCUT2D eigenvalue weighted by Crippen LogP contribution is 2.29. The van der Waals surface area contributed by atoms with E-state index in [9.17, 15) is 0 Å². The van der Waals surface area contributed by atoms with Crippen molar-refractivity contribution in [1.82, 2.24) is 9.97 Å². The van der Waals surface area contributed by atoms with Crippen LogP contribution in [0.2, 0.25) is 0 Å². The highest BCUT2D eigenvalue weighted by atomic mass is 16.5. The Morgan fingerprint density at radius 3 is 2.71 bits per heavy atom.